The van der Waals surface area contributed by atoms with Crippen molar-refractivity contribution in [1.29, 1.82) is 0 Å². The Hall–Kier alpha value is 1.17. The highest BCUT2D eigenvalue weighted by atomic mass is 79.9. The van der Waals surface area contributed by atoms with Crippen molar-refractivity contribution in [3.05, 3.63) is 0 Å². The molecule has 2 nitrogen and oxygen atoms in total. The summed E-state index contributed by atoms with van der Waals surface area (Å²) in [5.41, 5.74) is 0. The zero-order chi connectivity index (χ0) is 10.8. The molecule has 5 unspecified atom stereocenters. The Morgan fingerprint density at radius 2 is 2.00 bits per heavy atom. The normalized spacial score (nSPS) is 47.0. The summed E-state index contributed by atoms with van der Waals surface area (Å²) in [7, 11) is 0. The fourth-order valence-corrected chi connectivity index (χ4v) is 3.54. The van der Waals surface area contributed by atoms with Crippen LogP contribution in [-0.2, 0) is 9.47 Å². The molecule has 5 heteroatoms. The fourth-order valence-electron chi connectivity index (χ4n) is 2.15. The van der Waals surface area contributed by atoms with Crippen molar-refractivity contribution < 1.29 is 9.47 Å². The average molecular weight is 362 g/mol. The molecule has 1 aliphatic carbocycles. The lowest BCUT2D eigenvalue weighted by Gasteiger charge is -2.32. The largest absolute Gasteiger partial charge is 0.350 e. The van der Waals surface area contributed by atoms with Crippen LogP contribution in [0, 0.1) is 5.92 Å². The summed E-state index contributed by atoms with van der Waals surface area (Å²) in [5.74, 6) is 1.04. The fraction of sp³-hybridized carbons (Fsp3) is 1.00. The summed E-state index contributed by atoms with van der Waals surface area (Å²) in [5, 5.41) is 0. The first-order chi connectivity index (χ1) is 7.20. The first-order valence-electron chi connectivity index (χ1n) is 5.32. The number of halogens is 3. The molecule has 0 aromatic rings. The molecule has 1 heterocycles. The van der Waals surface area contributed by atoms with E-state index in [-0.39, 0.29) is 12.4 Å². The van der Waals surface area contributed by atoms with Gasteiger partial charge in [0, 0.05) is 15.6 Å². The van der Waals surface area contributed by atoms with Gasteiger partial charge in [0.25, 0.3) is 0 Å². The summed E-state index contributed by atoms with van der Waals surface area (Å²) in [4.78, 5) is 1.11. The predicted octanol–water partition coefficient (Wildman–Crippen LogP) is 3.29. The summed E-state index contributed by atoms with van der Waals surface area (Å²) in [6.07, 6.45) is 3.50. The molecular formula is C10H15Br2ClO2. The van der Waals surface area contributed by atoms with Crippen LogP contribution in [0.15, 0.2) is 0 Å². The van der Waals surface area contributed by atoms with Gasteiger partial charge < -0.3 is 9.47 Å². The molecule has 0 bridgehead atoms. The molecule has 88 valence electrons. The lowest BCUT2D eigenvalue weighted by Crippen LogP contribution is -2.33. The molecule has 0 N–H and O–H groups in total. The van der Waals surface area contributed by atoms with Crippen LogP contribution >= 0.6 is 43.5 Å². The smallest absolute Gasteiger partial charge is 0.161 e. The third-order valence-corrected chi connectivity index (χ3v) is 6.23. The van der Waals surface area contributed by atoms with Gasteiger partial charge in [-0.1, -0.05) is 31.9 Å². The van der Waals surface area contributed by atoms with E-state index in [1.54, 1.807) is 0 Å². The minimum absolute atomic E-state index is 0.0335. The van der Waals surface area contributed by atoms with E-state index in [1.807, 2.05) is 0 Å². The number of hydrogen-bond acceptors (Lipinski definition) is 2. The Morgan fingerprint density at radius 1 is 1.20 bits per heavy atom. The first-order valence-corrected chi connectivity index (χ1v) is 7.68. The van der Waals surface area contributed by atoms with Crippen molar-refractivity contribution in [3.8, 4) is 0 Å². The van der Waals surface area contributed by atoms with E-state index in [2.05, 4.69) is 31.9 Å². The van der Waals surface area contributed by atoms with Crippen molar-refractivity contribution in [2.45, 2.75) is 41.3 Å². The summed E-state index contributed by atoms with van der Waals surface area (Å²) in [6, 6.07) is 0. The van der Waals surface area contributed by atoms with E-state index in [1.165, 1.54) is 6.42 Å². The Kier molecular flexibility index (Phi) is 4.77. The van der Waals surface area contributed by atoms with Gasteiger partial charge in [-0.15, -0.1) is 11.6 Å². The summed E-state index contributed by atoms with van der Waals surface area (Å²) >= 11 is 13.1. The molecule has 1 aliphatic heterocycles. The third-order valence-electron chi connectivity index (χ3n) is 3.06. The maximum atomic E-state index is 5.74. The van der Waals surface area contributed by atoms with Crippen molar-refractivity contribution in [1.82, 2.24) is 0 Å². The molecule has 2 aliphatic rings. The molecule has 0 radical (unpaired) electrons. The van der Waals surface area contributed by atoms with Crippen molar-refractivity contribution in [3.63, 3.8) is 0 Å². The summed E-state index contributed by atoms with van der Waals surface area (Å²) < 4.78 is 11.4. The van der Waals surface area contributed by atoms with Crippen molar-refractivity contribution >= 4 is 43.5 Å². The maximum absolute atomic E-state index is 5.74. The highest BCUT2D eigenvalue weighted by molar-refractivity contribution is 9.12. The number of ether oxygens (including phenoxy) is 2. The third kappa shape index (κ3) is 3.09. The van der Waals surface area contributed by atoms with Gasteiger partial charge in [-0.3, -0.25) is 0 Å². The molecule has 5 atom stereocenters. The van der Waals surface area contributed by atoms with Gasteiger partial charge in [0.15, 0.2) is 6.29 Å². The second-order valence-corrected chi connectivity index (χ2v) is 6.88. The van der Waals surface area contributed by atoms with Gasteiger partial charge in [0.05, 0.1) is 18.6 Å². The lowest BCUT2D eigenvalue weighted by atomic mass is 9.88. The van der Waals surface area contributed by atoms with Crippen LogP contribution in [0.2, 0.25) is 0 Å². The number of rotatable bonds is 2. The van der Waals surface area contributed by atoms with E-state index in [9.17, 15) is 0 Å². The SMILES string of the molecule is ClCC1COC(C2CCC(Br)C(Br)C2)O1. The second kappa shape index (κ2) is 5.67. The molecule has 2 rings (SSSR count). The molecule has 0 amide bonds. The molecule has 0 aromatic heterocycles. The van der Waals surface area contributed by atoms with Crippen LogP contribution in [-0.4, -0.2) is 34.5 Å². The van der Waals surface area contributed by atoms with Crippen LogP contribution in [0.4, 0.5) is 0 Å². The van der Waals surface area contributed by atoms with Gasteiger partial charge in [-0.2, -0.15) is 0 Å². The number of alkyl halides is 3. The minimum Gasteiger partial charge on any atom is -0.350 e. The van der Waals surface area contributed by atoms with Crippen LogP contribution in [0.3, 0.4) is 0 Å². The minimum atomic E-state index is -0.0335. The van der Waals surface area contributed by atoms with E-state index in [0.717, 1.165) is 12.8 Å². The zero-order valence-electron chi connectivity index (χ0n) is 8.37. The van der Waals surface area contributed by atoms with Crippen LogP contribution in [0.5, 0.6) is 0 Å². The number of hydrogen-bond donors (Lipinski definition) is 0. The monoisotopic (exact) mass is 360 g/mol. The quantitative estimate of drug-likeness (QED) is 0.702. The van der Waals surface area contributed by atoms with E-state index in [0.29, 0.717) is 28.1 Å². The predicted molar refractivity (Wildman–Crippen MR) is 68.1 cm³/mol. The molecule has 0 aromatic carbocycles. The van der Waals surface area contributed by atoms with E-state index in [4.69, 9.17) is 21.1 Å². The van der Waals surface area contributed by atoms with Crippen LogP contribution in [0.1, 0.15) is 19.3 Å². The van der Waals surface area contributed by atoms with Gasteiger partial charge in [-0.05, 0) is 19.3 Å². The van der Waals surface area contributed by atoms with Crippen molar-refractivity contribution in [2.24, 2.45) is 5.92 Å². The average Bonchev–Trinajstić information content (AvgIpc) is 2.70. The van der Waals surface area contributed by atoms with Gasteiger partial charge in [0.2, 0.25) is 0 Å². The Morgan fingerprint density at radius 3 is 2.60 bits per heavy atom. The Bertz CT molecular complexity index is 218. The highest BCUT2D eigenvalue weighted by Gasteiger charge is 2.37. The molecule has 0 spiro atoms. The summed E-state index contributed by atoms with van der Waals surface area (Å²) in [6.45, 7) is 0.648. The Balaban J connectivity index is 1.84. The first kappa shape index (κ1) is 12.6. The molecule has 15 heavy (non-hydrogen) atoms. The Labute approximate surface area is 112 Å². The topological polar surface area (TPSA) is 18.5 Å². The molecular weight excluding hydrogens is 347 g/mol. The molecule has 1 saturated heterocycles. The van der Waals surface area contributed by atoms with Gasteiger partial charge in [0.1, 0.15) is 0 Å². The van der Waals surface area contributed by atoms with Gasteiger partial charge in [-0.25, -0.2) is 0 Å². The van der Waals surface area contributed by atoms with Crippen LogP contribution < -0.4 is 0 Å². The maximum Gasteiger partial charge on any atom is 0.161 e. The highest BCUT2D eigenvalue weighted by Crippen LogP contribution is 2.37. The van der Waals surface area contributed by atoms with Crippen molar-refractivity contribution in [2.75, 3.05) is 12.5 Å². The van der Waals surface area contributed by atoms with E-state index >= 15 is 0 Å². The zero-order valence-corrected chi connectivity index (χ0v) is 12.3. The molecule has 2 fully saturated rings. The van der Waals surface area contributed by atoms with Gasteiger partial charge >= 0.3 is 0 Å². The second-order valence-electron chi connectivity index (χ2n) is 4.22. The lowest BCUT2D eigenvalue weighted by molar-refractivity contribution is -0.101. The standard InChI is InChI=1S/C10H15Br2ClO2/c11-8-2-1-6(3-9(8)12)10-14-5-7(4-13)15-10/h6-10H,1-5H2. The van der Waals surface area contributed by atoms with Crippen LogP contribution in [0.25, 0.3) is 0 Å². The van der Waals surface area contributed by atoms with E-state index < -0.39 is 0 Å². The molecule has 1 saturated carbocycles.